The van der Waals surface area contributed by atoms with E-state index in [1.165, 1.54) is 0 Å². The monoisotopic (exact) mass is 392 g/mol. The SMILES string of the molecule is O=C(NCC1=NOC(COc2ccccc2-c2ccoc2)C1)Nc1ccncc1. The van der Waals surface area contributed by atoms with Crippen LogP contribution in [0.5, 0.6) is 5.75 Å². The Labute approximate surface area is 167 Å². The predicted molar refractivity (Wildman–Crippen MR) is 108 cm³/mol. The number of para-hydroxylation sites is 1. The molecular formula is C21H20N4O4. The number of aromatic nitrogens is 1. The number of hydrogen-bond acceptors (Lipinski definition) is 6. The third-order valence-electron chi connectivity index (χ3n) is 4.33. The van der Waals surface area contributed by atoms with Crippen LogP contribution >= 0.6 is 0 Å². The molecule has 8 heteroatoms. The molecule has 1 aliphatic rings. The van der Waals surface area contributed by atoms with E-state index < -0.39 is 0 Å². The van der Waals surface area contributed by atoms with Crippen LogP contribution in [0.1, 0.15) is 6.42 Å². The molecule has 148 valence electrons. The van der Waals surface area contributed by atoms with Gasteiger partial charge >= 0.3 is 6.03 Å². The fourth-order valence-electron chi connectivity index (χ4n) is 2.90. The standard InChI is InChI=1S/C21H20N4O4/c26-21(24-16-5-8-22-9-6-16)23-12-17-11-18(29-25-17)14-28-20-4-2-1-3-19(20)15-7-10-27-13-15/h1-10,13,18H,11-12,14H2,(H2,22,23,24,26). The highest BCUT2D eigenvalue weighted by Gasteiger charge is 2.22. The average Bonchev–Trinajstić information content (AvgIpc) is 3.44. The molecule has 1 aliphatic heterocycles. The van der Waals surface area contributed by atoms with Crippen LogP contribution in [0.15, 0.2) is 77.0 Å². The molecule has 0 saturated carbocycles. The van der Waals surface area contributed by atoms with Crippen molar-refractivity contribution >= 4 is 17.4 Å². The Kier molecular flexibility index (Phi) is 5.70. The average molecular weight is 392 g/mol. The zero-order valence-electron chi connectivity index (χ0n) is 15.6. The van der Waals surface area contributed by atoms with Crippen molar-refractivity contribution in [2.75, 3.05) is 18.5 Å². The number of rotatable bonds is 7. The number of anilines is 1. The summed E-state index contributed by atoms with van der Waals surface area (Å²) in [5.41, 5.74) is 3.33. The van der Waals surface area contributed by atoms with Crippen LogP contribution in [0.2, 0.25) is 0 Å². The second kappa shape index (κ2) is 8.92. The van der Waals surface area contributed by atoms with Crippen LogP contribution in [0.25, 0.3) is 11.1 Å². The van der Waals surface area contributed by atoms with Crippen LogP contribution in [-0.4, -0.2) is 36.0 Å². The molecule has 4 rings (SSSR count). The third-order valence-corrected chi connectivity index (χ3v) is 4.33. The number of oxime groups is 1. The van der Waals surface area contributed by atoms with Crippen LogP contribution in [-0.2, 0) is 4.84 Å². The van der Waals surface area contributed by atoms with E-state index in [2.05, 4.69) is 20.8 Å². The van der Waals surface area contributed by atoms with E-state index in [4.69, 9.17) is 14.0 Å². The van der Waals surface area contributed by atoms with Crippen molar-refractivity contribution in [2.45, 2.75) is 12.5 Å². The van der Waals surface area contributed by atoms with E-state index in [-0.39, 0.29) is 12.1 Å². The van der Waals surface area contributed by atoms with Crippen molar-refractivity contribution < 1.29 is 18.8 Å². The van der Waals surface area contributed by atoms with E-state index in [0.717, 1.165) is 22.6 Å². The lowest BCUT2D eigenvalue weighted by molar-refractivity contribution is 0.0472. The van der Waals surface area contributed by atoms with Crippen LogP contribution in [0.3, 0.4) is 0 Å². The minimum Gasteiger partial charge on any atom is -0.489 e. The minimum atomic E-state index is -0.312. The summed E-state index contributed by atoms with van der Waals surface area (Å²) in [5, 5.41) is 9.54. The lowest BCUT2D eigenvalue weighted by Crippen LogP contribution is -2.33. The van der Waals surface area contributed by atoms with Crippen molar-refractivity contribution in [3.8, 4) is 16.9 Å². The lowest BCUT2D eigenvalue weighted by Gasteiger charge is -2.13. The summed E-state index contributed by atoms with van der Waals surface area (Å²) in [7, 11) is 0. The molecule has 1 atom stereocenters. The number of hydrogen-bond donors (Lipinski definition) is 2. The quantitative estimate of drug-likeness (QED) is 0.639. The number of nitrogens with zero attached hydrogens (tertiary/aromatic N) is 2. The van der Waals surface area contributed by atoms with Gasteiger partial charge in [0, 0.05) is 35.6 Å². The summed E-state index contributed by atoms with van der Waals surface area (Å²) in [6.45, 7) is 0.657. The molecule has 2 aromatic heterocycles. The molecule has 0 radical (unpaired) electrons. The topological polar surface area (TPSA) is 98.0 Å². The van der Waals surface area contributed by atoms with Gasteiger partial charge in [-0.15, -0.1) is 0 Å². The summed E-state index contributed by atoms with van der Waals surface area (Å²) in [5.74, 6) is 0.751. The Morgan fingerprint density at radius 2 is 2.03 bits per heavy atom. The molecule has 2 amide bonds. The predicted octanol–water partition coefficient (Wildman–Crippen LogP) is 3.69. The van der Waals surface area contributed by atoms with Crippen molar-refractivity contribution in [3.05, 3.63) is 67.4 Å². The van der Waals surface area contributed by atoms with Crippen LogP contribution < -0.4 is 15.4 Å². The van der Waals surface area contributed by atoms with Crippen LogP contribution in [0.4, 0.5) is 10.5 Å². The normalized spacial score (nSPS) is 15.3. The lowest BCUT2D eigenvalue weighted by atomic mass is 10.1. The second-order valence-electron chi connectivity index (χ2n) is 6.45. The first-order chi connectivity index (χ1) is 14.3. The molecule has 8 nitrogen and oxygen atoms in total. The maximum absolute atomic E-state index is 11.9. The van der Waals surface area contributed by atoms with Gasteiger partial charge in [0.15, 0.2) is 6.10 Å². The van der Waals surface area contributed by atoms with Crippen LogP contribution in [0, 0.1) is 0 Å². The van der Waals surface area contributed by atoms with Gasteiger partial charge in [-0.25, -0.2) is 4.79 Å². The summed E-state index contributed by atoms with van der Waals surface area (Å²) in [4.78, 5) is 21.3. The number of carbonyl (C=O) groups excluding carboxylic acids is 1. The number of furan rings is 1. The largest absolute Gasteiger partial charge is 0.489 e. The molecule has 0 bridgehead atoms. The van der Waals surface area contributed by atoms with E-state index in [1.54, 1.807) is 37.1 Å². The highest BCUT2D eigenvalue weighted by molar-refractivity contribution is 5.94. The van der Waals surface area contributed by atoms with Gasteiger partial charge in [0.1, 0.15) is 12.4 Å². The van der Waals surface area contributed by atoms with Gasteiger partial charge in [0.2, 0.25) is 0 Å². The second-order valence-corrected chi connectivity index (χ2v) is 6.45. The Balaban J connectivity index is 1.23. The third kappa shape index (κ3) is 4.92. The number of urea groups is 1. The van der Waals surface area contributed by atoms with E-state index >= 15 is 0 Å². The highest BCUT2D eigenvalue weighted by Crippen LogP contribution is 2.30. The van der Waals surface area contributed by atoms with Crippen molar-refractivity contribution in [1.29, 1.82) is 0 Å². The first-order valence-electron chi connectivity index (χ1n) is 9.19. The fraction of sp³-hybridized carbons (Fsp3) is 0.190. The number of benzene rings is 1. The first-order valence-corrected chi connectivity index (χ1v) is 9.19. The van der Waals surface area contributed by atoms with Gasteiger partial charge in [0.25, 0.3) is 0 Å². The molecule has 0 spiro atoms. The molecule has 2 N–H and O–H groups in total. The van der Waals surface area contributed by atoms with Gasteiger partial charge in [0.05, 0.1) is 24.8 Å². The zero-order chi connectivity index (χ0) is 19.9. The molecule has 1 aromatic carbocycles. The molecule has 29 heavy (non-hydrogen) atoms. The molecule has 0 fully saturated rings. The number of amides is 2. The molecule has 0 aliphatic carbocycles. The maximum atomic E-state index is 11.9. The van der Waals surface area contributed by atoms with E-state index in [1.807, 2.05) is 30.3 Å². The maximum Gasteiger partial charge on any atom is 0.319 e. The van der Waals surface area contributed by atoms with Gasteiger partial charge in [-0.3, -0.25) is 4.98 Å². The molecule has 0 saturated heterocycles. The highest BCUT2D eigenvalue weighted by atomic mass is 16.7. The zero-order valence-corrected chi connectivity index (χ0v) is 15.6. The molecule has 3 heterocycles. The summed E-state index contributed by atoms with van der Waals surface area (Å²) < 4.78 is 11.1. The van der Waals surface area contributed by atoms with Crippen molar-refractivity contribution in [1.82, 2.24) is 10.3 Å². The molecule has 3 aromatic rings. The van der Waals surface area contributed by atoms with E-state index in [9.17, 15) is 4.79 Å². The summed E-state index contributed by atoms with van der Waals surface area (Å²) in [6.07, 6.45) is 6.91. The van der Waals surface area contributed by atoms with Gasteiger partial charge in [-0.05, 0) is 24.3 Å². The Hall–Kier alpha value is -3.81. The Morgan fingerprint density at radius 3 is 2.86 bits per heavy atom. The fourth-order valence-corrected chi connectivity index (χ4v) is 2.90. The van der Waals surface area contributed by atoms with Gasteiger partial charge in [-0.1, -0.05) is 23.4 Å². The number of ether oxygens (including phenoxy) is 1. The first kappa shape index (κ1) is 18.5. The van der Waals surface area contributed by atoms with E-state index in [0.29, 0.717) is 25.3 Å². The number of pyridine rings is 1. The molecule has 1 unspecified atom stereocenters. The van der Waals surface area contributed by atoms with Crippen molar-refractivity contribution in [2.24, 2.45) is 5.16 Å². The summed E-state index contributed by atoms with van der Waals surface area (Å²) >= 11 is 0. The number of carbonyl (C=O) groups is 1. The molecular weight excluding hydrogens is 372 g/mol. The van der Waals surface area contributed by atoms with Gasteiger partial charge < -0.3 is 24.6 Å². The number of nitrogens with one attached hydrogen (secondary N) is 2. The summed E-state index contributed by atoms with van der Waals surface area (Å²) in [6, 6.07) is 12.8. The minimum absolute atomic E-state index is 0.201. The Morgan fingerprint density at radius 1 is 1.17 bits per heavy atom. The van der Waals surface area contributed by atoms with Crippen molar-refractivity contribution in [3.63, 3.8) is 0 Å². The smallest absolute Gasteiger partial charge is 0.319 e. The van der Waals surface area contributed by atoms with Gasteiger partial charge in [-0.2, -0.15) is 0 Å². The Bertz CT molecular complexity index is 973.